The van der Waals surface area contributed by atoms with E-state index in [1.807, 2.05) is 0 Å². The lowest BCUT2D eigenvalue weighted by Crippen LogP contribution is -2.55. The highest BCUT2D eigenvalue weighted by molar-refractivity contribution is 8.02. The van der Waals surface area contributed by atoms with Gasteiger partial charge in [0.15, 0.2) is 0 Å². The Kier molecular flexibility index (Phi) is 3.77. The Morgan fingerprint density at radius 1 is 1.24 bits per heavy atom. The van der Waals surface area contributed by atoms with Crippen LogP contribution in [-0.4, -0.2) is 21.1 Å². The van der Waals surface area contributed by atoms with E-state index in [9.17, 15) is 9.90 Å². The van der Waals surface area contributed by atoms with Gasteiger partial charge in [-0.2, -0.15) is 0 Å². The minimum atomic E-state index is -0.563. The Morgan fingerprint density at radius 2 is 1.76 bits per heavy atom. The number of rotatable bonds is 5. The van der Waals surface area contributed by atoms with E-state index in [-0.39, 0.29) is 0 Å². The molecule has 0 bridgehead atoms. The smallest absolute Gasteiger partial charge is 0.319 e. The fraction of sp³-hybridized carbons (Fsp3) is 0.929. The molecular weight excluding hydrogens is 232 g/mol. The Morgan fingerprint density at radius 3 is 2.18 bits per heavy atom. The van der Waals surface area contributed by atoms with Crippen LogP contribution in [0.5, 0.6) is 0 Å². The second-order valence-corrected chi connectivity index (χ2v) is 7.57. The molecule has 0 saturated heterocycles. The fourth-order valence-corrected chi connectivity index (χ4v) is 5.61. The number of carboxylic acid groups (broad SMARTS) is 1. The van der Waals surface area contributed by atoms with E-state index in [1.54, 1.807) is 11.8 Å². The number of hydrogen-bond donors (Lipinski definition) is 1. The van der Waals surface area contributed by atoms with Gasteiger partial charge in [0, 0.05) is 5.25 Å². The molecule has 1 N–H and O–H groups in total. The quantitative estimate of drug-likeness (QED) is 0.805. The van der Waals surface area contributed by atoms with Crippen LogP contribution in [0.4, 0.5) is 0 Å². The van der Waals surface area contributed by atoms with E-state index in [0.717, 1.165) is 25.7 Å². The molecule has 0 amide bonds. The van der Waals surface area contributed by atoms with Crippen molar-refractivity contribution >= 4 is 17.7 Å². The summed E-state index contributed by atoms with van der Waals surface area (Å²) in [7, 11) is 0. The van der Waals surface area contributed by atoms with E-state index in [2.05, 4.69) is 13.8 Å². The maximum Gasteiger partial charge on any atom is 0.319 e. The second kappa shape index (κ2) is 4.83. The molecule has 2 fully saturated rings. The largest absolute Gasteiger partial charge is 0.480 e. The van der Waals surface area contributed by atoms with Gasteiger partial charge in [0.05, 0.1) is 0 Å². The maximum atomic E-state index is 11.6. The molecule has 0 spiro atoms. The van der Waals surface area contributed by atoms with Crippen molar-refractivity contribution in [2.75, 3.05) is 0 Å². The van der Waals surface area contributed by atoms with Crippen molar-refractivity contribution in [1.29, 1.82) is 0 Å². The van der Waals surface area contributed by atoms with Gasteiger partial charge in [-0.3, -0.25) is 4.79 Å². The zero-order valence-corrected chi connectivity index (χ0v) is 11.8. The lowest BCUT2D eigenvalue weighted by atomic mass is 9.58. The van der Waals surface area contributed by atoms with Gasteiger partial charge in [0.1, 0.15) is 4.75 Å². The van der Waals surface area contributed by atoms with E-state index in [4.69, 9.17) is 0 Å². The Hall–Kier alpha value is -0.180. The predicted octanol–water partition coefficient (Wildman–Crippen LogP) is 4.09. The summed E-state index contributed by atoms with van der Waals surface area (Å²) in [6, 6.07) is 0. The van der Waals surface area contributed by atoms with Crippen molar-refractivity contribution in [3.8, 4) is 0 Å². The summed E-state index contributed by atoms with van der Waals surface area (Å²) >= 11 is 1.78. The molecule has 0 aliphatic heterocycles. The molecule has 0 heterocycles. The van der Waals surface area contributed by atoms with Crippen LogP contribution < -0.4 is 0 Å². The van der Waals surface area contributed by atoms with Crippen LogP contribution in [-0.2, 0) is 4.79 Å². The number of hydrogen-bond acceptors (Lipinski definition) is 2. The summed E-state index contributed by atoms with van der Waals surface area (Å²) in [4.78, 5) is 11.6. The topological polar surface area (TPSA) is 37.3 Å². The third-order valence-electron chi connectivity index (χ3n) is 4.91. The maximum absolute atomic E-state index is 11.6. The average Bonchev–Trinajstić information content (AvgIpc) is 2.75. The van der Waals surface area contributed by atoms with Gasteiger partial charge in [-0.15, -0.1) is 11.8 Å². The number of aliphatic carboxylic acids is 1. The molecule has 17 heavy (non-hydrogen) atoms. The first kappa shape index (κ1) is 13.3. The number of carbonyl (C=O) groups is 1. The molecule has 2 rings (SSSR count). The van der Waals surface area contributed by atoms with Gasteiger partial charge >= 0.3 is 5.97 Å². The van der Waals surface area contributed by atoms with E-state index in [1.165, 1.54) is 25.7 Å². The van der Waals surface area contributed by atoms with Crippen LogP contribution >= 0.6 is 11.8 Å². The second-order valence-electron chi connectivity index (χ2n) is 5.88. The average molecular weight is 256 g/mol. The molecule has 0 aromatic heterocycles. The molecule has 0 unspecified atom stereocenters. The summed E-state index contributed by atoms with van der Waals surface area (Å²) in [6.07, 6.45) is 9.08. The number of carboxylic acids is 1. The molecule has 2 nitrogen and oxygen atoms in total. The van der Waals surface area contributed by atoms with Crippen molar-refractivity contribution in [1.82, 2.24) is 0 Å². The first-order valence-corrected chi connectivity index (χ1v) is 7.85. The summed E-state index contributed by atoms with van der Waals surface area (Å²) in [5.74, 6) is -0.563. The van der Waals surface area contributed by atoms with Gasteiger partial charge in [-0.25, -0.2) is 0 Å². The Bertz CT molecular complexity index is 277. The molecule has 0 aromatic carbocycles. The van der Waals surface area contributed by atoms with E-state index < -0.39 is 10.7 Å². The number of thioether (sulfide) groups is 1. The van der Waals surface area contributed by atoms with E-state index >= 15 is 0 Å². The molecule has 0 atom stereocenters. The van der Waals surface area contributed by atoms with Gasteiger partial charge < -0.3 is 5.11 Å². The zero-order valence-electron chi connectivity index (χ0n) is 11.0. The summed E-state index contributed by atoms with van der Waals surface area (Å²) in [6.45, 7) is 4.41. The van der Waals surface area contributed by atoms with Crippen molar-refractivity contribution < 1.29 is 9.90 Å². The van der Waals surface area contributed by atoms with E-state index in [0.29, 0.717) is 10.7 Å². The van der Waals surface area contributed by atoms with Gasteiger partial charge in [0.2, 0.25) is 0 Å². The lowest BCUT2D eigenvalue weighted by molar-refractivity contribution is -0.147. The van der Waals surface area contributed by atoms with Crippen LogP contribution in [0.1, 0.15) is 65.2 Å². The SMILES string of the molecule is CCC1(CC)CC(SC2CCCC2)(C(=O)O)C1. The predicted molar refractivity (Wildman–Crippen MR) is 72.5 cm³/mol. The molecule has 0 aromatic rings. The summed E-state index contributed by atoms with van der Waals surface area (Å²) in [5.41, 5.74) is 0.323. The fourth-order valence-electron chi connectivity index (χ4n) is 3.52. The highest BCUT2D eigenvalue weighted by atomic mass is 32.2. The van der Waals surface area contributed by atoms with Crippen LogP contribution in [0.3, 0.4) is 0 Å². The molecule has 3 heteroatoms. The summed E-state index contributed by atoms with van der Waals surface area (Å²) in [5, 5.41) is 10.2. The van der Waals surface area contributed by atoms with Crippen molar-refractivity contribution in [2.45, 2.75) is 75.2 Å². The monoisotopic (exact) mass is 256 g/mol. The molecular formula is C14H24O2S. The Balaban J connectivity index is 2.01. The lowest BCUT2D eigenvalue weighted by Gasteiger charge is -2.54. The molecule has 2 aliphatic rings. The van der Waals surface area contributed by atoms with Gasteiger partial charge in [-0.05, 0) is 31.1 Å². The first-order chi connectivity index (χ1) is 8.06. The van der Waals surface area contributed by atoms with Crippen LogP contribution in [0.25, 0.3) is 0 Å². The van der Waals surface area contributed by atoms with Crippen molar-refractivity contribution in [2.24, 2.45) is 5.41 Å². The standard InChI is InChI=1S/C14H24O2S/c1-3-13(4-2)9-14(10-13,12(15)16)17-11-7-5-6-8-11/h11H,3-10H2,1-2H3,(H,15,16). The highest BCUT2D eigenvalue weighted by Gasteiger charge is 2.58. The molecule has 98 valence electrons. The minimum absolute atomic E-state index is 0.323. The molecule has 0 radical (unpaired) electrons. The molecule has 2 saturated carbocycles. The van der Waals surface area contributed by atoms with Gasteiger partial charge in [-0.1, -0.05) is 39.5 Å². The highest BCUT2D eigenvalue weighted by Crippen LogP contribution is 2.61. The summed E-state index contributed by atoms with van der Waals surface area (Å²) < 4.78 is -0.443. The van der Waals surface area contributed by atoms with Crippen molar-refractivity contribution in [3.05, 3.63) is 0 Å². The van der Waals surface area contributed by atoms with Gasteiger partial charge in [0.25, 0.3) is 0 Å². The normalized spacial score (nSPS) is 26.7. The first-order valence-electron chi connectivity index (χ1n) is 6.97. The van der Waals surface area contributed by atoms with Crippen molar-refractivity contribution in [3.63, 3.8) is 0 Å². The minimum Gasteiger partial charge on any atom is -0.480 e. The zero-order chi connectivity index (χ0) is 12.5. The molecule has 2 aliphatic carbocycles. The third kappa shape index (κ3) is 2.35. The van der Waals surface area contributed by atoms with Crippen LogP contribution in [0.15, 0.2) is 0 Å². The van der Waals surface area contributed by atoms with Crippen LogP contribution in [0, 0.1) is 5.41 Å². The Labute approximate surface area is 109 Å². The van der Waals surface area contributed by atoms with Crippen LogP contribution in [0.2, 0.25) is 0 Å². The third-order valence-corrected chi connectivity index (χ3v) is 6.62.